The van der Waals surface area contributed by atoms with E-state index in [1.54, 1.807) is 0 Å². The standard InChI is InChI=1S/C27H56/c1-7-21-27(22-8-2,23-17-13-9-11-15-19-25(3)4)24-18-14-10-12-16-20-26(5)6/h25-26H,7-24H2,1-6H3. The van der Waals surface area contributed by atoms with Gasteiger partial charge in [-0.05, 0) is 42.9 Å². The van der Waals surface area contributed by atoms with Crippen LogP contribution < -0.4 is 0 Å². The first-order valence-corrected chi connectivity index (χ1v) is 13.0. The van der Waals surface area contributed by atoms with Gasteiger partial charge in [-0.2, -0.15) is 0 Å². The molecule has 27 heavy (non-hydrogen) atoms. The van der Waals surface area contributed by atoms with Gasteiger partial charge < -0.3 is 0 Å². The average molecular weight is 381 g/mol. The Kier molecular flexibility index (Phi) is 18.1. The molecule has 0 unspecified atom stereocenters. The molecule has 0 spiro atoms. The van der Waals surface area contributed by atoms with Crippen LogP contribution in [0.25, 0.3) is 0 Å². The highest BCUT2D eigenvalue weighted by Crippen LogP contribution is 2.41. The lowest BCUT2D eigenvalue weighted by Crippen LogP contribution is -2.21. The third-order valence-corrected chi connectivity index (χ3v) is 6.54. The van der Waals surface area contributed by atoms with E-state index >= 15 is 0 Å². The maximum atomic E-state index is 2.40. The molecule has 0 aliphatic carbocycles. The summed E-state index contributed by atoms with van der Waals surface area (Å²) in [5, 5.41) is 0. The molecule has 0 nitrogen and oxygen atoms in total. The van der Waals surface area contributed by atoms with Crippen LogP contribution in [-0.4, -0.2) is 0 Å². The molecule has 0 aliphatic rings. The molecule has 0 amide bonds. The van der Waals surface area contributed by atoms with E-state index in [2.05, 4.69) is 41.5 Å². The zero-order valence-electron chi connectivity index (χ0n) is 20.4. The largest absolute Gasteiger partial charge is 0.0654 e. The molecule has 0 fully saturated rings. The first-order valence-electron chi connectivity index (χ1n) is 13.0. The maximum absolute atomic E-state index is 2.40. The summed E-state index contributed by atoms with van der Waals surface area (Å²) in [6.07, 6.45) is 26.2. The molecular weight excluding hydrogens is 324 g/mol. The second-order valence-corrected chi connectivity index (χ2v) is 10.4. The Morgan fingerprint density at radius 3 is 1.11 bits per heavy atom. The molecular formula is C27H56. The predicted octanol–water partition coefficient (Wildman–Crippen LogP) is 10.3. The average Bonchev–Trinajstić information content (AvgIpc) is 2.60. The van der Waals surface area contributed by atoms with Gasteiger partial charge in [0.15, 0.2) is 0 Å². The Morgan fingerprint density at radius 1 is 0.444 bits per heavy atom. The van der Waals surface area contributed by atoms with Gasteiger partial charge in [-0.25, -0.2) is 0 Å². The molecule has 0 saturated carbocycles. The van der Waals surface area contributed by atoms with E-state index in [-0.39, 0.29) is 0 Å². The van der Waals surface area contributed by atoms with Crippen LogP contribution in [0, 0.1) is 17.3 Å². The van der Waals surface area contributed by atoms with Crippen molar-refractivity contribution >= 4 is 0 Å². The van der Waals surface area contributed by atoms with Crippen molar-refractivity contribution in [3.8, 4) is 0 Å². The molecule has 0 saturated heterocycles. The molecule has 0 bridgehead atoms. The quantitative estimate of drug-likeness (QED) is 0.184. The Labute approximate surface area is 174 Å². The first-order chi connectivity index (χ1) is 13.0. The molecule has 0 aromatic carbocycles. The summed E-state index contributed by atoms with van der Waals surface area (Å²) >= 11 is 0. The molecule has 0 atom stereocenters. The van der Waals surface area contributed by atoms with Gasteiger partial charge in [0.1, 0.15) is 0 Å². The van der Waals surface area contributed by atoms with E-state index in [1.165, 1.54) is 116 Å². The number of rotatable bonds is 20. The topological polar surface area (TPSA) is 0 Å². The lowest BCUT2D eigenvalue weighted by atomic mass is 9.71. The summed E-state index contributed by atoms with van der Waals surface area (Å²) in [4.78, 5) is 0. The smallest absolute Gasteiger partial charge is 0.0298 e. The van der Waals surface area contributed by atoms with Crippen molar-refractivity contribution in [2.24, 2.45) is 17.3 Å². The van der Waals surface area contributed by atoms with Gasteiger partial charge in [-0.1, -0.05) is 131 Å². The SMILES string of the molecule is CCCC(CCC)(CCCCCCCC(C)C)CCCCCCCC(C)C. The molecule has 0 aromatic heterocycles. The second-order valence-electron chi connectivity index (χ2n) is 10.4. The van der Waals surface area contributed by atoms with E-state index in [9.17, 15) is 0 Å². The van der Waals surface area contributed by atoms with Crippen molar-refractivity contribution < 1.29 is 0 Å². The van der Waals surface area contributed by atoms with E-state index in [0.717, 1.165) is 11.8 Å². The highest BCUT2D eigenvalue weighted by atomic mass is 14.3. The second kappa shape index (κ2) is 18.1. The molecule has 0 heterocycles. The van der Waals surface area contributed by atoms with E-state index < -0.39 is 0 Å². The minimum atomic E-state index is 0.680. The minimum absolute atomic E-state index is 0.680. The highest BCUT2D eigenvalue weighted by molar-refractivity contribution is 4.79. The van der Waals surface area contributed by atoms with Gasteiger partial charge >= 0.3 is 0 Å². The van der Waals surface area contributed by atoms with Gasteiger partial charge in [0.2, 0.25) is 0 Å². The zero-order valence-corrected chi connectivity index (χ0v) is 20.4. The summed E-state index contributed by atoms with van der Waals surface area (Å²) in [6, 6.07) is 0. The van der Waals surface area contributed by atoms with Crippen LogP contribution in [0.3, 0.4) is 0 Å². The van der Waals surface area contributed by atoms with Crippen molar-refractivity contribution in [3.63, 3.8) is 0 Å². The van der Waals surface area contributed by atoms with Crippen LogP contribution in [0.1, 0.15) is 157 Å². The maximum Gasteiger partial charge on any atom is -0.0298 e. The summed E-state index contributed by atoms with van der Waals surface area (Å²) in [7, 11) is 0. The fourth-order valence-electron chi connectivity index (χ4n) is 4.98. The number of hydrogen-bond acceptors (Lipinski definition) is 0. The third kappa shape index (κ3) is 16.6. The van der Waals surface area contributed by atoms with Crippen LogP contribution in [0.5, 0.6) is 0 Å². The van der Waals surface area contributed by atoms with E-state index in [0.29, 0.717) is 5.41 Å². The van der Waals surface area contributed by atoms with Crippen LogP contribution >= 0.6 is 0 Å². The van der Waals surface area contributed by atoms with Crippen molar-refractivity contribution in [2.45, 2.75) is 157 Å². The molecule has 0 aliphatic heterocycles. The van der Waals surface area contributed by atoms with Crippen molar-refractivity contribution in [1.29, 1.82) is 0 Å². The summed E-state index contributed by atoms with van der Waals surface area (Å²) in [5.41, 5.74) is 0.680. The van der Waals surface area contributed by atoms with Gasteiger partial charge in [-0.15, -0.1) is 0 Å². The van der Waals surface area contributed by atoms with Gasteiger partial charge in [-0.3, -0.25) is 0 Å². The Hall–Kier alpha value is 0. The van der Waals surface area contributed by atoms with Crippen molar-refractivity contribution in [2.75, 3.05) is 0 Å². The lowest BCUT2D eigenvalue weighted by molar-refractivity contribution is 0.180. The fraction of sp³-hybridized carbons (Fsp3) is 1.00. The molecule has 164 valence electrons. The Balaban J connectivity index is 4.07. The Bertz CT molecular complexity index is 258. The molecule has 0 radical (unpaired) electrons. The van der Waals surface area contributed by atoms with E-state index in [4.69, 9.17) is 0 Å². The number of hydrogen-bond donors (Lipinski definition) is 0. The molecule has 0 N–H and O–H groups in total. The van der Waals surface area contributed by atoms with Crippen LogP contribution in [0.15, 0.2) is 0 Å². The van der Waals surface area contributed by atoms with E-state index in [1.807, 2.05) is 0 Å². The number of unbranched alkanes of at least 4 members (excludes halogenated alkanes) is 8. The normalized spacial score (nSPS) is 12.4. The summed E-state index contributed by atoms with van der Waals surface area (Å²) in [6.45, 7) is 14.2. The first kappa shape index (κ1) is 27.0. The van der Waals surface area contributed by atoms with Crippen LogP contribution in [-0.2, 0) is 0 Å². The molecule has 0 heteroatoms. The Morgan fingerprint density at radius 2 is 0.778 bits per heavy atom. The summed E-state index contributed by atoms with van der Waals surface area (Å²) < 4.78 is 0. The molecule has 0 rings (SSSR count). The minimum Gasteiger partial charge on any atom is -0.0654 e. The summed E-state index contributed by atoms with van der Waals surface area (Å²) in [5.74, 6) is 1.77. The predicted molar refractivity (Wildman–Crippen MR) is 127 cm³/mol. The third-order valence-electron chi connectivity index (χ3n) is 6.54. The van der Waals surface area contributed by atoms with Gasteiger partial charge in [0.25, 0.3) is 0 Å². The lowest BCUT2D eigenvalue weighted by Gasteiger charge is -2.34. The van der Waals surface area contributed by atoms with Gasteiger partial charge in [0, 0.05) is 0 Å². The van der Waals surface area contributed by atoms with Crippen molar-refractivity contribution in [1.82, 2.24) is 0 Å². The van der Waals surface area contributed by atoms with Crippen molar-refractivity contribution in [3.05, 3.63) is 0 Å². The highest BCUT2D eigenvalue weighted by Gasteiger charge is 2.27. The monoisotopic (exact) mass is 380 g/mol. The van der Waals surface area contributed by atoms with Gasteiger partial charge in [0.05, 0.1) is 0 Å². The molecule has 0 aromatic rings. The van der Waals surface area contributed by atoms with Crippen LogP contribution in [0.4, 0.5) is 0 Å². The van der Waals surface area contributed by atoms with Crippen LogP contribution in [0.2, 0.25) is 0 Å². The zero-order chi connectivity index (χ0) is 20.4. The fourth-order valence-corrected chi connectivity index (χ4v) is 4.98.